The Morgan fingerprint density at radius 2 is 2.14 bits per heavy atom. The first-order valence-electron chi connectivity index (χ1n) is 4.89. The summed E-state index contributed by atoms with van der Waals surface area (Å²) >= 11 is 0. The minimum Gasteiger partial charge on any atom is -0.383 e. The largest absolute Gasteiger partial charge is 0.383 e. The molecule has 14 heavy (non-hydrogen) atoms. The molecule has 1 heterocycles. The fourth-order valence-electron chi connectivity index (χ4n) is 1.58. The van der Waals surface area contributed by atoms with E-state index in [1.54, 1.807) is 0 Å². The fourth-order valence-corrected chi connectivity index (χ4v) is 1.58. The molecule has 3 nitrogen and oxygen atoms in total. The second-order valence-corrected chi connectivity index (χ2v) is 3.62. The van der Waals surface area contributed by atoms with E-state index in [9.17, 15) is 0 Å². The zero-order valence-corrected chi connectivity index (χ0v) is 8.62. The van der Waals surface area contributed by atoms with Crippen molar-refractivity contribution >= 4 is 11.5 Å². The molecule has 0 aliphatic heterocycles. The molecule has 0 fully saturated rings. The number of nitrogen functional groups attached to an aromatic ring is 1. The van der Waals surface area contributed by atoms with Crippen LogP contribution in [0.15, 0.2) is 18.2 Å². The van der Waals surface area contributed by atoms with E-state index in [-0.39, 0.29) is 0 Å². The maximum Gasteiger partial charge on any atom is 0.130 e. The first-order chi connectivity index (χ1) is 6.70. The van der Waals surface area contributed by atoms with Crippen molar-refractivity contribution in [2.24, 2.45) is 0 Å². The molecule has 0 atom stereocenters. The normalized spacial score (nSPS) is 15.7. The maximum absolute atomic E-state index is 5.96. The van der Waals surface area contributed by atoms with E-state index in [1.807, 2.05) is 18.5 Å². The molecular formula is C11H15N3. The summed E-state index contributed by atoms with van der Waals surface area (Å²) in [6.45, 7) is 3.98. The van der Waals surface area contributed by atoms with Gasteiger partial charge in [-0.2, -0.15) is 5.10 Å². The van der Waals surface area contributed by atoms with Crippen molar-refractivity contribution < 1.29 is 0 Å². The van der Waals surface area contributed by atoms with Gasteiger partial charge in [-0.3, -0.25) is 0 Å². The van der Waals surface area contributed by atoms with Crippen molar-refractivity contribution in [1.82, 2.24) is 9.78 Å². The quantitative estimate of drug-likeness (QED) is 0.736. The molecule has 3 heteroatoms. The average Bonchev–Trinajstić information content (AvgIpc) is 2.47. The van der Waals surface area contributed by atoms with E-state index >= 15 is 0 Å². The zero-order chi connectivity index (χ0) is 10.1. The highest BCUT2D eigenvalue weighted by atomic mass is 15.3. The third-order valence-corrected chi connectivity index (χ3v) is 2.63. The monoisotopic (exact) mass is 189 g/mol. The SMILES string of the molecule is Cc1nn(C2=CCCC=C2)c(N)c1C. The Labute approximate surface area is 83.9 Å². The van der Waals surface area contributed by atoms with Crippen LogP contribution < -0.4 is 5.73 Å². The molecule has 1 aliphatic rings. The molecule has 0 spiro atoms. The summed E-state index contributed by atoms with van der Waals surface area (Å²) in [7, 11) is 0. The van der Waals surface area contributed by atoms with E-state index < -0.39 is 0 Å². The third-order valence-electron chi connectivity index (χ3n) is 2.63. The molecule has 1 aromatic heterocycles. The molecule has 0 radical (unpaired) electrons. The molecule has 0 bridgehead atoms. The molecule has 0 amide bonds. The van der Waals surface area contributed by atoms with Crippen LogP contribution in [0.3, 0.4) is 0 Å². The Hall–Kier alpha value is -1.51. The highest BCUT2D eigenvalue weighted by molar-refractivity contribution is 5.63. The van der Waals surface area contributed by atoms with Crippen LogP contribution in [0, 0.1) is 13.8 Å². The standard InChI is InChI=1S/C11H15N3/c1-8-9(2)13-14(11(8)12)10-6-4-3-5-7-10/h4,6-7H,3,5,12H2,1-2H3. The number of aryl methyl sites for hydroxylation is 1. The van der Waals surface area contributed by atoms with Crippen LogP contribution in [0.1, 0.15) is 24.1 Å². The Kier molecular flexibility index (Phi) is 2.15. The highest BCUT2D eigenvalue weighted by Gasteiger charge is 2.10. The Balaban J connectivity index is 2.46. The van der Waals surface area contributed by atoms with Crippen LogP contribution in [-0.4, -0.2) is 9.78 Å². The van der Waals surface area contributed by atoms with Crippen molar-refractivity contribution in [2.45, 2.75) is 26.7 Å². The second-order valence-electron chi connectivity index (χ2n) is 3.62. The predicted octanol–water partition coefficient (Wildman–Crippen LogP) is 2.27. The summed E-state index contributed by atoms with van der Waals surface area (Å²) in [5.41, 5.74) is 9.12. The van der Waals surface area contributed by atoms with Gasteiger partial charge in [0.15, 0.2) is 0 Å². The van der Waals surface area contributed by atoms with Gasteiger partial charge in [0, 0.05) is 5.56 Å². The molecular weight excluding hydrogens is 174 g/mol. The Morgan fingerprint density at radius 3 is 2.64 bits per heavy atom. The van der Waals surface area contributed by atoms with Gasteiger partial charge in [0.1, 0.15) is 5.82 Å². The van der Waals surface area contributed by atoms with Gasteiger partial charge in [-0.25, -0.2) is 4.68 Å². The summed E-state index contributed by atoms with van der Waals surface area (Å²) in [5, 5.41) is 4.41. The summed E-state index contributed by atoms with van der Waals surface area (Å²) in [6, 6.07) is 0. The molecule has 0 aromatic carbocycles. The van der Waals surface area contributed by atoms with Crippen LogP contribution in [0.5, 0.6) is 0 Å². The molecule has 1 aromatic rings. The van der Waals surface area contributed by atoms with Crippen LogP contribution in [0.4, 0.5) is 5.82 Å². The minimum absolute atomic E-state index is 0.750. The van der Waals surface area contributed by atoms with Crippen molar-refractivity contribution in [3.05, 3.63) is 29.5 Å². The average molecular weight is 189 g/mol. The first kappa shape index (κ1) is 9.06. The predicted molar refractivity (Wildman–Crippen MR) is 58.8 cm³/mol. The van der Waals surface area contributed by atoms with Gasteiger partial charge in [-0.05, 0) is 32.8 Å². The third kappa shape index (κ3) is 1.35. The zero-order valence-electron chi connectivity index (χ0n) is 8.62. The Morgan fingerprint density at radius 1 is 1.36 bits per heavy atom. The van der Waals surface area contributed by atoms with Crippen molar-refractivity contribution in [3.63, 3.8) is 0 Å². The number of hydrogen-bond donors (Lipinski definition) is 1. The number of nitrogens with zero attached hydrogens (tertiary/aromatic N) is 2. The molecule has 2 N–H and O–H groups in total. The molecule has 1 aliphatic carbocycles. The lowest BCUT2D eigenvalue weighted by Gasteiger charge is -2.08. The summed E-state index contributed by atoms with van der Waals surface area (Å²) < 4.78 is 1.82. The van der Waals surface area contributed by atoms with Crippen LogP contribution in [0.25, 0.3) is 5.70 Å². The highest BCUT2D eigenvalue weighted by Crippen LogP contribution is 2.22. The van der Waals surface area contributed by atoms with Crippen LogP contribution >= 0.6 is 0 Å². The first-order valence-corrected chi connectivity index (χ1v) is 4.89. The number of hydrogen-bond acceptors (Lipinski definition) is 2. The summed E-state index contributed by atoms with van der Waals surface area (Å²) in [6.07, 6.45) is 8.58. The maximum atomic E-state index is 5.96. The number of rotatable bonds is 1. The lowest BCUT2D eigenvalue weighted by atomic mass is 10.1. The summed E-state index contributed by atoms with van der Waals surface area (Å²) in [4.78, 5) is 0. The lowest BCUT2D eigenvalue weighted by Crippen LogP contribution is -2.04. The number of anilines is 1. The van der Waals surface area contributed by atoms with Crippen LogP contribution in [-0.2, 0) is 0 Å². The molecule has 0 saturated carbocycles. The van der Waals surface area contributed by atoms with Crippen molar-refractivity contribution in [1.29, 1.82) is 0 Å². The molecule has 74 valence electrons. The smallest absolute Gasteiger partial charge is 0.130 e. The van der Waals surface area contributed by atoms with Gasteiger partial charge in [0.05, 0.1) is 11.4 Å². The fraction of sp³-hybridized carbons (Fsp3) is 0.364. The van der Waals surface area contributed by atoms with Gasteiger partial charge in [0.2, 0.25) is 0 Å². The number of allylic oxidation sites excluding steroid dienone is 4. The van der Waals surface area contributed by atoms with E-state index in [4.69, 9.17) is 5.73 Å². The van der Waals surface area contributed by atoms with Gasteiger partial charge in [0.25, 0.3) is 0 Å². The number of aromatic nitrogens is 2. The van der Waals surface area contributed by atoms with E-state index in [0.29, 0.717) is 0 Å². The van der Waals surface area contributed by atoms with Gasteiger partial charge < -0.3 is 5.73 Å². The molecule has 0 unspecified atom stereocenters. The second kappa shape index (κ2) is 3.33. The van der Waals surface area contributed by atoms with Crippen molar-refractivity contribution in [2.75, 3.05) is 5.73 Å². The van der Waals surface area contributed by atoms with Gasteiger partial charge in [-0.1, -0.05) is 12.2 Å². The van der Waals surface area contributed by atoms with Gasteiger partial charge in [-0.15, -0.1) is 0 Å². The molecule has 2 rings (SSSR count). The summed E-state index contributed by atoms with van der Waals surface area (Å²) in [5.74, 6) is 0.750. The van der Waals surface area contributed by atoms with E-state index in [0.717, 1.165) is 35.6 Å². The van der Waals surface area contributed by atoms with E-state index in [1.165, 1.54) is 0 Å². The molecule has 0 saturated heterocycles. The van der Waals surface area contributed by atoms with E-state index in [2.05, 4.69) is 23.3 Å². The Bertz CT molecular complexity index is 410. The lowest BCUT2D eigenvalue weighted by molar-refractivity contribution is 0.880. The van der Waals surface area contributed by atoms with Crippen LogP contribution in [0.2, 0.25) is 0 Å². The number of nitrogens with two attached hydrogens (primary N) is 1. The van der Waals surface area contributed by atoms with Crippen molar-refractivity contribution in [3.8, 4) is 0 Å². The topological polar surface area (TPSA) is 43.8 Å². The van der Waals surface area contributed by atoms with Gasteiger partial charge >= 0.3 is 0 Å². The minimum atomic E-state index is 0.750.